The molecule has 4 N–H and O–H groups in total. The Bertz CT molecular complexity index is 910. The van der Waals surface area contributed by atoms with Crippen LogP contribution < -0.4 is 11.1 Å². The quantitative estimate of drug-likeness (QED) is 0.627. The Kier molecular flexibility index (Phi) is 8.21. The number of halogens is 1. The lowest BCUT2D eigenvalue weighted by Crippen LogP contribution is -2.54. The largest absolute Gasteiger partial charge is 0.391 e. The van der Waals surface area contributed by atoms with Crippen molar-refractivity contribution in [3.8, 4) is 10.4 Å². The van der Waals surface area contributed by atoms with E-state index in [1.165, 1.54) is 4.90 Å². The summed E-state index contributed by atoms with van der Waals surface area (Å²) in [4.78, 5) is 32.4. The smallest absolute Gasteiger partial charge is 0.243 e. The van der Waals surface area contributed by atoms with Crippen molar-refractivity contribution in [3.63, 3.8) is 0 Å². The zero-order valence-electron chi connectivity index (χ0n) is 18.3. The van der Waals surface area contributed by atoms with Gasteiger partial charge in [0.2, 0.25) is 11.8 Å². The zero-order valence-corrected chi connectivity index (χ0v) is 19.9. The van der Waals surface area contributed by atoms with Gasteiger partial charge in [0.1, 0.15) is 6.04 Å². The molecule has 1 aliphatic rings. The fourth-order valence-electron chi connectivity index (χ4n) is 3.51. The van der Waals surface area contributed by atoms with Gasteiger partial charge in [0.25, 0.3) is 0 Å². The highest BCUT2D eigenvalue weighted by Crippen LogP contribution is 2.27. The van der Waals surface area contributed by atoms with Gasteiger partial charge >= 0.3 is 0 Å². The fourth-order valence-corrected chi connectivity index (χ4v) is 4.33. The molecule has 2 amide bonds. The summed E-state index contributed by atoms with van der Waals surface area (Å²) in [5.74, 6) is -0.577. The molecule has 1 fully saturated rings. The molecule has 9 heteroatoms. The number of likely N-dealkylation sites (tertiary alicyclic amines) is 1. The van der Waals surface area contributed by atoms with Crippen LogP contribution in [0.3, 0.4) is 0 Å². The maximum Gasteiger partial charge on any atom is 0.243 e. The van der Waals surface area contributed by atoms with E-state index in [-0.39, 0.29) is 37.2 Å². The SMILES string of the molecule is Cc1ncsc1-c1ccc(CNC(=O)[C@H]2C[C@H](O)CN2C(=O)[C@@H](N)C(C)(C)C)cc1.Cl. The first-order valence-electron chi connectivity index (χ1n) is 10.1. The average molecular weight is 467 g/mol. The highest BCUT2D eigenvalue weighted by molar-refractivity contribution is 7.13. The number of β-amino-alcohol motifs (C(OH)–C–C–N with tert-alkyl or cyclic N) is 1. The minimum Gasteiger partial charge on any atom is -0.391 e. The highest BCUT2D eigenvalue weighted by Gasteiger charge is 2.42. The van der Waals surface area contributed by atoms with Crippen LogP contribution in [0.1, 0.15) is 38.4 Å². The Morgan fingerprint density at radius 3 is 2.52 bits per heavy atom. The van der Waals surface area contributed by atoms with Crippen LogP contribution in [0.25, 0.3) is 10.4 Å². The van der Waals surface area contributed by atoms with Crippen molar-refractivity contribution >= 4 is 35.6 Å². The van der Waals surface area contributed by atoms with Crippen LogP contribution in [0.15, 0.2) is 29.8 Å². The third kappa shape index (κ3) is 5.83. The van der Waals surface area contributed by atoms with E-state index < -0.39 is 23.6 Å². The molecule has 1 aliphatic heterocycles. The second-order valence-corrected chi connectivity index (χ2v) is 9.78. The summed E-state index contributed by atoms with van der Waals surface area (Å²) in [6.07, 6.45) is -0.503. The molecule has 0 spiro atoms. The third-order valence-electron chi connectivity index (χ3n) is 5.49. The van der Waals surface area contributed by atoms with Crippen molar-refractivity contribution < 1.29 is 14.7 Å². The number of benzene rings is 1. The van der Waals surface area contributed by atoms with Gasteiger partial charge in [-0.15, -0.1) is 23.7 Å². The van der Waals surface area contributed by atoms with Gasteiger partial charge in [-0.05, 0) is 23.5 Å². The number of nitrogens with zero attached hydrogens (tertiary/aromatic N) is 2. The first kappa shape index (κ1) is 25.3. The lowest BCUT2D eigenvalue weighted by Gasteiger charge is -2.32. The van der Waals surface area contributed by atoms with Gasteiger partial charge in [-0.25, -0.2) is 4.98 Å². The fraction of sp³-hybridized carbons (Fsp3) is 0.500. The third-order valence-corrected chi connectivity index (χ3v) is 6.47. The Hall–Kier alpha value is -2.00. The zero-order chi connectivity index (χ0) is 22.1. The Morgan fingerprint density at radius 1 is 1.32 bits per heavy atom. The Labute approximate surface area is 193 Å². The maximum atomic E-state index is 12.8. The summed E-state index contributed by atoms with van der Waals surface area (Å²) in [5, 5.41) is 13.0. The lowest BCUT2D eigenvalue weighted by atomic mass is 9.86. The number of nitrogens with two attached hydrogens (primary N) is 1. The molecule has 3 rings (SSSR count). The second-order valence-electron chi connectivity index (χ2n) is 8.92. The number of aryl methyl sites for hydroxylation is 1. The van der Waals surface area contributed by atoms with Crippen molar-refractivity contribution in [1.29, 1.82) is 0 Å². The number of hydrogen-bond donors (Lipinski definition) is 3. The summed E-state index contributed by atoms with van der Waals surface area (Å²) in [5.41, 5.74) is 10.6. The molecule has 0 saturated carbocycles. The lowest BCUT2D eigenvalue weighted by molar-refractivity contribution is -0.141. The van der Waals surface area contributed by atoms with Crippen LogP contribution in [0, 0.1) is 12.3 Å². The molecule has 0 radical (unpaired) electrons. The summed E-state index contributed by atoms with van der Waals surface area (Å²) in [6.45, 7) is 8.11. The molecule has 1 saturated heterocycles. The van der Waals surface area contributed by atoms with Crippen LogP contribution in [-0.4, -0.2) is 51.5 Å². The number of rotatable bonds is 5. The summed E-state index contributed by atoms with van der Waals surface area (Å²) in [7, 11) is 0. The van der Waals surface area contributed by atoms with E-state index >= 15 is 0 Å². The van der Waals surface area contributed by atoms with Crippen LogP contribution in [-0.2, 0) is 16.1 Å². The van der Waals surface area contributed by atoms with E-state index in [4.69, 9.17) is 5.73 Å². The number of nitrogens with one attached hydrogen (secondary N) is 1. The van der Waals surface area contributed by atoms with Crippen LogP contribution in [0.5, 0.6) is 0 Å². The molecular weight excluding hydrogens is 436 g/mol. The Balaban J connectivity index is 0.00000341. The van der Waals surface area contributed by atoms with Gasteiger partial charge < -0.3 is 21.1 Å². The molecule has 1 aromatic carbocycles. The molecular formula is C22H31ClN4O3S. The van der Waals surface area contributed by atoms with Crippen molar-refractivity contribution in [1.82, 2.24) is 15.2 Å². The highest BCUT2D eigenvalue weighted by atomic mass is 35.5. The van der Waals surface area contributed by atoms with E-state index in [9.17, 15) is 14.7 Å². The van der Waals surface area contributed by atoms with E-state index in [1.807, 2.05) is 57.5 Å². The van der Waals surface area contributed by atoms with Crippen molar-refractivity contribution in [3.05, 3.63) is 41.0 Å². The molecule has 7 nitrogen and oxygen atoms in total. The topological polar surface area (TPSA) is 109 Å². The number of amides is 2. The standard InChI is InChI=1S/C22H30N4O3S.ClH/c1-13-18(30-12-25-13)15-7-5-14(6-8-15)10-24-20(28)17-9-16(27)11-26(17)21(29)19(23)22(2,3)4;/h5-8,12,16-17,19,27H,9-11,23H2,1-4H3,(H,24,28);1H/t16-,17+,19+;/m0./s1. The number of aliphatic hydroxyl groups is 1. The van der Waals surface area contributed by atoms with Gasteiger partial charge in [-0.3, -0.25) is 9.59 Å². The van der Waals surface area contributed by atoms with Crippen LogP contribution in [0.4, 0.5) is 0 Å². The molecule has 3 atom stereocenters. The summed E-state index contributed by atoms with van der Waals surface area (Å²) in [6, 6.07) is 6.52. The van der Waals surface area contributed by atoms with Gasteiger partial charge in [-0.2, -0.15) is 0 Å². The maximum absolute atomic E-state index is 12.8. The first-order valence-corrected chi connectivity index (χ1v) is 11.0. The monoisotopic (exact) mass is 466 g/mol. The molecule has 0 bridgehead atoms. The van der Waals surface area contributed by atoms with E-state index in [1.54, 1.807) is 11.3 Å². The molecule has 31 heavy (non-hydrogen) atoms. The summed E-state index contributed by atoms with van der Waals surface area (Å²) < 4.78 is 0. The average Bonchev–Trinajstić information content (AvgIpc) is 3.30. The normalized spacial score (nSPS) is 19.6. The second kappa shape index (κ2) is 10.1. The molecule has 0 aliphatic carbocycles. The minimum atomic E-state index is -0.735. The van der Waals surface area contributed by atoms with E-state index in [0.717, 1.165) is 21.7 Å². The molecule has 2 heterocycles. The predicted octanol–water partition coefficient (Wildman–Crippen LogP) is 2.49. The van der Waals surface area contributed by atoms with Crippen molar-refractivity contribution in [2.24, 2.45) is 11.1 Å². The molecule has 0 unspecified atom stereocenters. The number of carbonyl (C=O) groups is 2. The van der Waals surface area contributed by atoms with E-state index in [2.05, 4.69) is 10.3 Å². The first-order chi connectivity index (χ1) is 14.1. The number of hydrogen-bond acceptors (Lipinski definition) is 6. The Morgan fingerprint density at radius 2 is 1.97 bits per heavy atom. The van der Waals surface area contributed by atoms with Crippen molar-refractivity contribution in [2.45, 2.75) is 58.8 Å². The molecule has 2 aromatic rings. The van der Waals surface area contributed by atoms with E-state index in [0.29, 0.717) is 6.54 Å². The minimum absolute atomic E-state index is 0. The van der Waals surface area contributed by atoms with Gasteiger partial charge in [-0.1, -0.05) is 45.0 Å². The van der Waals surface area contributed by atoms with Crippen LogP contribution >= 0.6 is 23.7 Å². The number of aromatic nitrogens is 1. The van der Waals surface area contributed by atoms with Gasteiger partial charge in [0.15, 0.2) is 0 Å². The molecule has 170 valence electrons. The number of aliphatic hydroxyl groups excluding tert-OH is 1. The summed E-state index contributed by atoms with van der Waals surface area (Å²) >= 11 is 1.60. The van der Waals surface area contributed by atoms with Crippen molar-refractivity contribution in [2.75, 3.05) is 6.54 Å². The molecule has 1 aromatic heterocycles. The van der Waals surface area contributed by atoms with Gasteiger partial charge in [0, 0.05) is 19.5 Å². The number of thiazole rings is 1. The number of carbonyl (C=O) groups excluding carboxylic acids is 2. The van der Waals surface area contributed by atoms with Crippen LogP contribution in [0.2, 0.25) is 0 Å². The predicted molar refractivity (Wildman–Crippen MR) is 125 cm³/mol. The van der Waals surface area contributed by atoms with Gasteiger partial charge in [0.05, 0.1) is 28.2 Å².